The molecule has 3 amide bonds. The maximum Gasteiger partial charge on any atom is 0.265 e. The van der Waals surface area contributed by atoms with Crippen LogP contribution in [0.3, 0.4) is 0 Å². The number of carbonyl (C=O) groups excluding carboxylic acids is 3. The lowest BCUT2D eigenvalue weighted by atomic mass is 10.2. The van der Waals surface area contributed by atoms with Crippen molar-refractivity contribution in [1.82, 2.24) is 0 Å². The van der Waals surface area contributed by atoms with Crippen molar-refractivity contribution in [1.29, 1.82) is 0 Å². The Morgan fingerprint density at radius 2 is 0.778 bits per heavy atom. The Hall–Kier alpha value is -4.53. The average Bonchev–Trinajstić information content (AvgIpc) is 2.84. The Morgan fingerprint density at radius 1 is 0.500 bits per heavy atom. The summed E-state index contributed by atoms with van der Waals surface area (Å²) < 4.78 is 17.3. The van der Waals surface area contributed by atoms with Crippen LogP contribution in [-0.2, 0) is 14.4 Å². The molecule has 3 aromatic rings. The van der Waals surface area contributed by atoms with Crippen LogP contribution in [0.2, 0.25) is 0 Å². The molecular weight excluding hydrogens is 462 g/mol. The largest absolute Gasteiger partial charge is 0.481 e. The van der Waals surface area contributed by atoms with Gasteiger partial charge in [0.25, 0.3) is 17.7 Å². The van der Waals surface area contributed by atoms with E-state index in [0.717, 1.165) is 0 Å². The number of nitrogens with one attached hydrogen (secondary N) is 3. The number of carbonyl (C=O) groups is 3. The van der Waals surface area contributed by atoms with Crippen LogP contribution in [0.1, 0.15) is 20.8 Å². The fourth-order valence-electron chi connectivity index (χ4n) is 3.45. The van der Waals surface area contributed by atoms with Crippen molar-refractivity contribution in [2.75, 3.05) is 16.0 Å². The summed E-state index contributed by atoms with van der Waals surface area (Å²) in [7, 11) is 0. The standard InChI is InChI=1S/C27H27N3O6/c1-16-25(31)28-19-7-5-11-23(14-19)35-18(3)27(33)30-21-9-6-12-24(15-21)36-17(2)26(32)29-20-8-4-10-22(13-20)34-16/h4-18H,1-3H3,(H,28,31)(H,29,32)(H,30,33)/t16-,17-,18?/m1/s1. The lowest BCUT2D eigenvalue weighted by Crippen LogP contribution is -2.31. The summed E-state index contributed by atoms with van der Waals surface area (Å²) in [4.78, 5) is 38.1. The fraction of sp³-hybridized carbons (Fsp3) is 0.222. The number of hydrogen-bond acceptors (Lipinski definition) is 6. The molecule has 0 aromatic heterocycles. The summed E-state index contributed by atoms with van der Waals surface area (Å²) in [5.41, 5.74) is 1.48. The van der Waals surface area contributed by atoms with E-state index in [1.165, 1.54) is 0 Å². The molecule has 9 heteroatoms. The average molecular weight is 490 g/mol. The van der Waals surface area contributed by atoms with E-state index in [1.807, 2.05) is 0 Å². The second-order valence-electron chi connectivity index (χ2n) is 8.33. The second kappa shape index (κ2) is 10.8. The minimum absolute atomic E-state index is 0.375. The summed E-state index contributed by atoms with van der Waals surface area (Å²) in [6.07, 6.45) is -2.48. The van der Waals surface area contributed by atoms with Gasteiger partial charge in [0.2, 0.25) is 0 Å². The minimum Gasteiger partial charge on any atom is -0.481 e. The van der Waals surface area contributed by atoms with E-state index in [4.69, 9.17) is 14.2 Å². The van der Waals surface area contributed by atoms with Crippen molar-refractivity contribution in [3.05, 3.63) is 72.8 Å². The highest BCUT2D eigenvalue weighted by Gasteiger charge is 2.20. The van der Waals surface area contributed by atoms with E-state index in [1.54, 1.807) is 93.6 Å². The SMILES string of the molecule is CC1Oc2cccc(c2)NC(=O)[C@@H](C)Oc2cccc(c2)NC(=O)[C@@H](C)Oc2cccc(c2)NC1=O. The molecule has 36 heavy (non-hydrogen) atoms. The van der Waals surface area contributed by atoms with E-state index < -0.39 is 18.3 Å². The van der Waals surface area contributed by atoms with Crippen molar-refractivity contribution in [2.45, 2.75) is 39.1 Å². The molecule has 0 spiro atoms. The maximum absolute atomic E-state index is 12.7. The Balaban J connectivity index is 1.62. The van der Waals surface area contributed by atoms with E-state index in [0.29, 0.717) is 34.3 Å². The second-order valence-corrected chi connectivity index (χ2v) is 8.33. The normalized spacial score (nSPS) is 20.8. The van der Waals surface area contributed by atoms with Gasteiger partial charge in [-0.1, -0.05) is 18.2 Å². The van der Waals surface area contributed by atoms with Gasteiger partial charge in [0.1, 0.15) is 17.2 Å². The van der Waals surface area contributed by atoms with Crippen LogP contribution < -0.4 is 30.2 Å². The van der Waals surface area contributed by atoms with Gasteiger partial charge in [-0.15, -0.1) is 0 Å². The number of hydrogen-bond donors (Lipinski definition) is 3. The lowest BCUT2D eigenvalue weighted by molar-refractivity contribution is -0.122. The van der Waals surface area contributed by atoms with Crippen LogP contribution >= 0.6 is 0 Å². The van der Waals surface area contributed by atoms with Gasteiger partial charge >= 0.3 is 0 Å². The van der Waals surface area contributed by atoms with Gasteiger partial charge in [0, 0.05) is 35.3 Å². The molecule has 0 fully saturated rings. The topological polar surface area (TPSA) is 115 Å². The van der Waals surface area contributed by atoms with Crippen molar-refractivity contribution in [3.8, 4) is 17.2 Å². The van der Waals surface area contributed by atoms with E-state index in [9.17, 15) is 14.4 Å². The highest BCUT2D eigenvalue weighted by Crippen LogP contribution is 2.23. The molecule has 1 aliphatic heterocycles. The van der Waals surface area contributed by atoms with Gasteiger partial charge in [-0.05, 0) is 57.2 Å². The van der Waals surface area contributed by atoms with Crippen molar-refractivity contribution in [3.63, 3.8) is 0 Å². The first-order valence-corrected chi connectivity index (χ1v) is 11.5. The first-order valence-electron chi connectivity index (χ1n) is 11.5. The Morgan fingerprint density at radius 3 is 1.06 bits per heavy atom. The molecule has 4 rings (SSSR count). The Labute approximate surface area is 208 Å². The molecule has 1 heterocycles. The molecule has 0 saturated carbocycles. The molecule has 1 aliphatic rings. The first kappa shape index (κ1) is 24.6. The molecule has 186 valence electrons. The van der Waals surface area contributed by atoms with E-state index in [2.05, 4.69) is 16.0 Å². The molecule has 3 N–H and O–H groups in total. The first-order chi connectivity index (χ1) is 17.3. The van der Waals surface area contributed by atoms with Crippen LogP contribution in [0.5, 0.6) is 17.2 Å². The number of fused-ring (bicyclic) bond motifs is 6. The molecule has 9 nitrogen and oxygen atoms in total. The quantitative estimate of drug-likeness (QED) is 0.436. The lowest BCUT2D eigenvalue weighted by Gasteiger charge is -2.17. The zero-order valence-electron chi connectivity index (χ0n) is 20.1. The van der Waals surface area contributed by atoms with Crippen LogP contribution in [0.25, 0.3) is 0 Å². The third-order valence-electron chi connectivity index (χ3n) is 5.35. The number of rotatable bonds is 0. The highest BCUT2D eigenvalue weighted by molar-refractivity contribution is 5.96. The van der Waals surface area contributed by atoms with Gasteiger partial charge in [-0.3, -0.25) is 14.4 Å². The monoisotopic (exact) mass is 489 g/mol. The molecule has 6 bridgehead atoms. The number of anilines is 3. The van der Waals surface area contributed by atoms with E-state index >= 15 is 0 Å². The summed E-state index contributed by atoms with van der Waals surface area (Å²) in [5.74, 6) is 0.119. The summed E-state index contributed by atoms with van der Waals surface area (Å²) in [6, 6.07) is 20.2. The Bertz CT molecular complexity index is 1120. The predicted octanol–water partition coefficient (Wildman–Crippen LogP) is 4.22. The fourth-order valence-corrected chi connectivity index (χ4v) is 3.45. The zero-order valence-corrected chi connectivity index (χ0v) is 20.1. The van der Waals surface area contributed by atoms with E-state index in [-0.39, 0.29) is 17.7 Å². The van der Waals surface area contributed by atoms with Crippen LogP contribution in [0, 0.1) is 0 Å². The third kappa shape index (κ3) is 6.32. The molecule has 0 radical (unpaired) electrons. The van der Waals surface area contributed by atoms with Gasteiger partial charge in [-0.25, -0.2) is 0 Å². The number of amides is 3. The number of benzene rings is 3. The van der Waals surface area contributed by atoms with Gasteiger partial charge in [0.05, 0.1) is 0 Å². The zero-order chi connectivity index (χ0) is 25.7. The summed E-state index contributed by atoms with van der Waals surface area (Å²) in [5, 5.41) is 8.35. The maximum atomic E-state index is 12.7. The Kier molecular flexibility index (Phi) is 7.39. The third-order valence-corrected chi connectivity index (χ3v) is 5.35. The highest BCUT2D eigenvalue weighted by atomic mass is 16.5. The van der Waals surface area contributed by atoms with Crippen LogP contribution in [0.15, 0.2) is 72.8 Å². The smallest absolute Gasteiger partial charge is 0.265 e. The van der Waals surface area contributed by atoms with Crippen molar-refractivity contribution < 1.29 is 28.6 Å². The van der Waals surface area contributed by atoms with Gasteiger partial charge in [-0.2, -0.15) is 0 Å². The van der Waals surface area contributed by atoms with Crippen molar-refractivity contribution in [2.24, 2.45) is 0 Å². The molecule has 0 saturated heterocycles. The van der Waals surface area contributed by atoms with Crippen LogP contribution in [0.4, 0.5) is 17.1 Å². The summed E-state index contributed by atoms with van der Waals surface area (Å²) in [6.45, 7) is 4.85. The minimum atomic E-state index is -0.826. The molecule has 3 aromatic carbocycles. The predicted molar refractivity (Wildman–Crippen MR) is 135 cm³/mol. The molecule has 3 atom stereocenters. The molecule has 1 unspecified atom stereocenters. The molecular formula is C27H27N3O6. The van der Waals surface area contributed by atoms with Crippen LogP contribution in [-0.4, -0.2) is 36.0 Å². The van der Waals surface area contributed by atoms with Gasteiger partial charge in [0.15, 0.2) is 18.3 Å². The molecule has 0 aliphatic carbocycles. The summed E-state index contributed by atoms with van der Waals surface area (Å²) >= 11 is 0. The number of ether oxygens (including phenoxy) is 3. The van der Waals surface area contributed by atoms with Crippen molar-refractivity contribution >= 4 is 34.8 Å². The van der Waals surface area contributed by atoms with Gasteiger partial charge < -0.3 is 30.2 Å².